The number of hydrogen-bond donors (Lipinski definition) is 2. The molecule has 1 aliphatic rings. The highest BCUT2D eigenvalue weighted by Crippen LogP contribution is 2.21. The smallest absolute Gasteiger partial charge is 0.216 e. The molecule has 1 heterocycles. The molecule has 1 aliphatic carbocycles. The zero-order valence-corrected chi connectivity index (χ0v) is 13.1. The van der Waals surface area contributed by atoms with Gasteiger partial charge in [-0.1, -0.05) is 37.1 Å². The van der Waals surface area contributed by atoms with E-state index in [1.165, 1.54) is 0 Å². The third-order valence-electron chi connectivity index (χ3n) is 4.12. The van der Waals surface area contributed by atoms with E-state index in [9.17, 15) is 13.5 Å². The topological polar surface area (TPSA) is 79.3 Å². The number of pyridine rings is 1. The SMILES string of the molecule is O=S(=O)(Cc1cccc2cccnc12)NC1CCCCC1O. The number of nitrogens with one attached hydrogen (secondary N) is 1. The first-order valence-electron chi connectivity index (χ1n) is 7.56. The molecular formula is C16H20N2O3S. The van der Waals surface area contributed by atoms with Crippen molar-refractivity contribution in [3.8, 4) is 0 Å². The second-order valence-corrected chi connectivity index (χ2v) is 7.58. The lowest BCUT2D eigenvalue weighted by molar-refractivity contribution is 0.101. The largest absolute Gasteiger partial charge is 0.391 e. The lowest BCUT2D eigenvalue weighted by Gasteiger charge is -2.28. The quantitative estimate of drug-likeness (QED) is 0.902. The Kier molecular flexibility index (Phi) is 4.42. The number of benzene rings is 1. The van der Waals surface area contributed by atoms with Gasteiger partial charge in [0, 0.05) is 17.6 Å². The van der Waals surface area contributed by atoms with Gasteiger partial charge in [0.25, 0.3) is 0 Å². The Bertz CT molecular complexity index is 756. The molecule has 22 heavy (non-hydrogen) atoms. The van der Waals surface area contributed by atoms with Crippen LogP contribution in [0.15, 0.2) is 36.5 Å². The molecule has 0 bridgehead atoms. The molecule has 2 N–H and O–H groups in total. The van der Waals surface area contributed by atoms with Gasteiger partial charge < -0.3 is 5.11 Å². The minimum Gasteiger partial charge on any atom is -0.391 e. The second kappa shape index (κ2) is 6.32. The van der Waals surface area contributed by atoms with E-state index in [4.69, 9.17) is 0 Å². The highest BCUT2D eigenvalue weighted by Gasteiger charge is 2.27. The normalized spacial score (nSPS) is 22.8. The van der Waals surface area contributed by atoms with Crippen LogP contribution in [0.3, 0.4) is 0 Å². The van der Waals surface area contributed by atoms with Gasteiger partial charge in [-0.15, -0.1) is 0 Å². The average Bonchev–Trinajstić information content (AvgIpc) is 2.49. The fourth-order valence-corrected chi connectivity index (χ4v) is 4.47. The van der Waals surface area contributed by atoms with E-state index in [0.717, 1.165) is 18.2 Å². The van der Waals surface area contributed by atoms with Crippen LogP contribution in [0.4, 0.5) is 0 Å². The lowest BCUT2D eigenvalue weighted by Crippen LogP contribution is -2.45. The molecule has 0 amide bonds. The van der Waals surface area contributed by atoms with Crippen LogP contribution in [0.2, 0.25) is 0 Å². The predicted octanol–water partition coefficient (Wildman–Crippen LogP) is 1.96. The molecule has 6 heteroatoms. The van der Waals surface area contributed by atoms with Crippen molar-refractivity contribution in [2.24, 2.45) is 0 Å². The number of sulfonamides is 1. The summed E-state index contributed by atoms with van der Waals surface area (Å²) in [5, 5.41) is 10.9. The summed E-state index contributed by atoms with van der Waals surface area (Å²) in [5.41, 5.74) is 1.38. The van der Waals surface area contributed by atoms with E-state index in [0.29, 0.717) is 23.9 Å². The molecule has 1 saturated carbocycles. The van der Waals surface area contributed by atoms with Crippen LogP contribution in [-0.4, -0.2) is 30.7 Å². The van der Waals surface area contributed by atoms with E-state index in [-0.39, 0.29) is 11.8 Å². The molecule has 2 aromatic rings. The number of hydrogen-bond acceptors (Lipinski definition) is 4. The van der Waals surface area contributed by atoms with Crippen molar-refractivity contribution in [2.75, 3.05) is 0 Å². The fourth-order valence-electron chi connectivity index (χ4n) is 3.01. The Hall–Kier alpha value is -1.50. The minimum absolute atomic E-state index is 0.120. The molecule has 2 unspecified atom stereocenters. The van der Waals surface area contributed by atoms with Crippen LogP contribution in [0.25, 0.3) is 10.9 Å². The van der Waals surface area contributed by atoms with Gasteiger partial charge in [0.2, 0.25) is 10.0 Å². The van der Waals surface area contributed by atoms with Crippen LogP contribution < -0.4 is 4.72 Å². The van der Waals surface area contributed by atoms with Gasteiger partial charge in [-0.25, -0.2) is 13.1 Å². The molecule has 0 aliphatic heterocycles. The summed E-state index contributed by atoms with van der Waals surface area (Å²) in [6.45, 7) is 0. The number of rotatable bonds is 4. The number of aliphatic hydroxyl groups is 1. The maximum Gasteiger partial charge on any atom is 0.216 e. The van der Waals surface area contributed by atoms with Gasteiger partial charge >= 0.3 is 0 Å². The van der Waals surface area contributed by atoms with Gasteiger partial charge in [-0.2, -0.15) is 0 Å². The van der Waals surface area contributed by atoms with Gasteiger partial charge in [0.05, 0.1) is 17.4 Å². The van der Waals surface area contributed by atoms with E-state index < -0.39 is 16.1 Å². The first-order chi connectivity index (χ1) is 10.6. The Balaban J connectivity index is 1.81. The van der Waals surface area contributed by atoms with Crippen LogP contribution in [0, 0.1) is 0 Å². The molecule has 3 rings (SSSR count). The Morgan fingerprint density at radius 1 is 1.18 bits per heavy atom. The van der Waals surface area contributed by atoms with Crippen LogP contribution in [0.5, 0.6) is 0 Å². The number of aliphatic hydroxyl groups excluding tert-OH is 1. The molecule has 0 spiro atoms. The summed E-state index contributed by atoms with van der Waals surface area (Å²) >= 11 is 0. The lowest BCUT2D eigenvalue weighted by atomic mass is 9.93. The van der Waals surface area contributed by atoms with Gasteiger partial charge in [0.1, 0.15) is 0 Å². The summed E-state index contributed by atoms with van der Waals surface area (Å²) in [6.07, 6.45) is 4.31. The Morgan fingerprint density at radius 2 is 1.95 bits per heavy atom. The second-order valence-electron chi connectivity index (χ2n) is 5.83. The molecule has 5 nitrogen and oxygen atoms in total. The number of aromatic nitrogens is 1. The monoisotopic (exact) mass is 320 g/mol. The summed E-state index contributed by atoms with van der Waals surface area (Å²) in [5.74, 6) is -0.120. The first kappa shape index (κ1) is 15.4. The van der Waals surface area contributed by atoms with Crippen molar-refractivity contribution >= 4 is 20.9 Å². The highest BCUT2D eigenvalue weighted by molar-refractivity contribution is 7.88. The van der Waals surface area contributed by atoms with Gasteiger partial charge in [0.15, 0.2) is 0 Å². The first-order valence-corrected chi connectivity index (χ1v) is 9.21. The van der Waals surface area contributed by atoms with Gasteiger partial charge in [-0.3, -0.25) is 4.98 Å². The summed E-state index contributed by atoms with van der Waals surface area (Å²) < 4.78 is 27.5. The van der Waals surface area contributed by atoms with Gasteiger partial charge in [-0.05, 0) is 24.5 Å². The van der Waals surface area contributed by atoms with Crippen molar-refractivity contribution < 1.29 is 13.5 Å². The number of para-hydroxylation sites is 1. The molecule has 2 atom stereocenters. The molecular weight excluding hydrogens is 300 g/mol. The van der Waals surface area contributed by atoms with Crippen molar-refractivity contribution in [1.29, 1.82) is 0 Å². The zero-order valence-electron chi connectivity index (χ0n) is 12.3. The molecule has 0 saturated heterocycles. The van der Waals surface area contributed by atoms with E-state index in [1.54, 1.807) is 12.3 Å². The summed E-state index contributed by atoms with van der Waals surface area (Å²) in [6, 6.07) is 8.91. The third kappa shape index (κ3) is 3.45. The molecule has 1 fully saturated rings. The molecule has 118 valence electrons. The minimum atomic E-state index is -3.51. The van der Waals surface area contributed by atoms with Crippen molar-refractivity contribution in [1.82, 2.24) is 9.71 Å². The van der Waals surface area contributed by atoms with Crippen molar-refractivity contribution in [2.45, 2.75) is 43.6 Å². The van der Waals surface area contributed by atoms with Crippen LogP contribution >= 0.6 is 0 Å². The standard InChI is InChI=1S/C16H20N2O3S/c19-15-9-2-1-8-14(15)18-22(20,21)11-13-6-3-5-12-7-4-10-17-16(12)13/h3-7,10,14-15,18-19H,1-2,8-9,11H2. The van der Waals surface area contributed by atoms with E-state index in [1.807, 2.05) is 24.3 Å². The molecule has 1 aromatic heterocycles. The summed E-state index contributed by atoms with van der Waals surface area (Å²) in [4.78, 5) is 4.29. The zero-order chi connectivity index (χ0) is 15.6. The van der Waals surface area contributed by atoms with E-state index in [2.05, 4.69) is 9.71 Å². The van der Waals surface area contributed by atoms with Crippen LogP contribution in [-0.2, 0) is 15.8 Å². The number of nitrogens with zero attached hydrogens (tertiary/aromatic N) is 1. The van der Waals surface area contributed by atoms with Crippen molar-refractivity contribution in [3.63, 3.8) is 0 Å². The Morgan fingerprint density at radius 3 is 2.77 bits per heavy atom. The predicted molar refractivity (Wildman–Crippen MR) is 85.8 cm³/mol. The third-order valence-corrected chi connectivity index (χ3v) is 5.48. The Labute approximate surface area is 130 Å². The maximum absolute atomic E-state index is 12.4. The maximum atomic E-state index is 12.4. The highest BCUT2D eigenvalue weighted by atomic mass is 32.2. The molecule has 1 aromatic carbocycles. The van der Waals surface area contributed by atoms with Crippen molar-refractivity contribution in [3.05, 3.63) is 42.1 Å². The fraction of sp³-hybridized carbons (Fsp3) is 0.438. The summed E-state index contributed by atoms with van der Waals surface area (Å²) in [7, 11) is -3.51. The molecule has 0 radical (unpaired) electrons. The average molecular weight is 320 g/mol. The van der Waals surface area contributed by atoms with E-state index >= 15 is 0 Å². The number of fused-ring (bicyclic) bond motifs is 1. The van der Waals surface area contributed by atoms with Crippen LogP contribution in [0.1, 0.15) is 31.2 Å².